The molecule has 5 rings (SSSR count). The summed E-state index contributed by atoms with van der Waals surface area (Å²) in [6.45, 7) is 0.277. The number of benzene rings is 2. The second-order valence-electron chi connectivity index (χ2n) is 6.75. The van der Waals surface area contributed by atoms with Gasteiger partial charge in [-0.2, -0.15) is 5.10 Å². The first-order chi connectivity index (χ1) is 14.7. The van der Waals surface area contributed by atoms with Gasteiger partial charge in [-0.1, -0.05) is 30.3 Å². The Morgan fingerprint density at radius 3 is 2.77 bits per heavy atom. The quantitative estimate of drug-likeness (QED) is 0.485. The maximum atomic E-state index is 12.8. The molecule has 1 N–H and O–H groups in total. The molecule has 3 heterocycles. The summed E-state index contributed by atoms with van der Waals surface area (Å²) >= 11 is 0. The summed E-state index contributed by atoms with van der Waals surface area (Å²) in [7, 11) is 0. The van der Waals surface area contributed by atoms with Gasteiger partial charge in [-0.15, -0.1) is 0 Å². The van der Waals surface area contributed by atoms with E-state index in [0.29, 0.717) is 23.3 Å². The lowest BCUT2D eigenvalue weighted by atomic mass is 10.1. The summed E-state index contributed by atoms with van der Waals surface area (Å²) in [4.78, 5) is 33.7. The van der Waals surface area contributed by atoms with E-state index in [1.165, 1.54) is 17.2 Å². The molecule has 9 nitrogen and oxygen atoms in total. The predicted molar refractivity (Wildman–Crippen MR) is 110 cm³/mol. The number of nitrogens with zero attached hydrogens (tertiary/aromatic N) is 5. The summed E-state index contributed by atoms with van der Waals surface area (Å²) in [5.41, 5.74) is 2.32. The van der Waals surface area contributed by atoms with Crippen LogP contribution in [0.4, 0.5) is 5.69 Å². The molecular formula is C21H16N6O3. The molecule has 3 aromatic heterocycles. The van der Waals surface area contributed by atoms with Crippen molar-refractivity contribution in [3.63, 3.8) is 0 Å². The highest BCUT2D eigenvalue weighted by Gasteiger charge is 2.15. The van der Waals surface area contributed by atoms with Crippen molar-refractivity contribution < 1.29 is 9.21 Å². The van der Waals surface area contributed by atoms with Crippen LogP contribution >= 0.6 is 0 Å². The van der Waals surface area contributed by atoms with Gasteiger partial charge in [0.25, 0.3) is 5.56 Å². The van der Waals surface area contributed by atoms with E-state index in [4.69, 9.17) is 4.42 Å². The largest absolute Gasteiger partial charge is 0.448 e. The van der Waals surface area contributed by atoms with Gasteiger partial charge in [0.05, 0.1) is 12.9 Å². The van der Waals surface area contributed by atoms with Gasteiger partial charge >= 0.3 is 0 Å². The van der Waals surface area contributed by atoms with E-state index in [2.05, 4.69) is 20.4 Å². The second kappa shape index (κ2) is 7.28. The summed E-state index contributed by atoms with van der Waals surface area (Å²) in [6.07, 6.45) is 4.43. The van der Waals surface area contributed by atoms with Crippen molar-refractivity contribution in [3.05, 3.63) is 83.4 Å². The molecule has 148 valence electrons. The van der Waals surface area contributed by atoms with Crippen LogP contribution in [0.15, 0.2) is 76.7 Å². The van der Waals surface area contributed by atoms with Crippen LogP contribution in [0.2, 0.25) is 0 Å². The van der Waals surface area contributed by atoms with E-state index < -0.39 is 5.56 Å². The maximum Gasteiger partial charge on any atom is 0.297 e. The van der Waals surface area contributed by atoms with Crippen LogP contribution in [0.1, 0.15) is 5.56 Å². The molecule has 0 atom stereocenters. The van der Waals surface area contributed by atoms with Gasteiger partial charge in [-0.25, -0.2) is 14.6 Å². The minimum Gasteiger partial charge on any atom is -0.448 e. The van der Waals surface area contributed by atoms with Crippen molar-refractivity contribution in [1.82, 2.24) is 24.3 Å². The molecule has 0 saturated heterocycles. The molecular weight excluding hydrogens is 384 g/mol. The molecule has 5 aromatic rings. The number of para-hydroxylation sites is 2. The first kappa shape index (κ1) is 17.8. The lowest BCUT2D eigenvalue weighted by Gasteiger charge is -2.11. The summed E-state index contributed by atoms with van der Waals surface area (Å²) in [6, 6.07) is 14.7. The second-order valence-corrected chi connectivity index (χ2v) is 6.75. The van der Waals surface area contributed by atoms with E-state index >= 15 is 0 Å². The molecule has 0 saturated carbocycles. The van der Waals surface area contributed by atoms with Crippen LogP contribution in [0, 0.1) is 0 Å². The van der Waals surface area contributed by atoms with Crippen LogP contribution in [-0.4, -0.2) is 30.2 Å². The van der Waals surface area contributed by atoms with E-state index in [0.717, 1.165) is 10.9 Å². The minimum atomic E-state index is -0.401. The van der Waals surface area contributed by atoms with Crippen molar-refractivity contribution in [2.75, 3.05) is 5.32 Å². The van der Waals surface area contributed by atoms with E-state index in [9.17, 15) is 9.59 Å². The maximum absolute atomic E-state index is 12.8. The lowest BCUT2D eigenvalue weighted by molar-refractivity contribution is -0.116. The smallest absolute Gasteiger partial charge is 0.297 e. The van der Waals surface area contributed by atoms with Gasteiger partial charge in [-0.05, 0) is 23.8 Å². The number of nitrogens with one attached hydrogen (secondary N) is 1. The molecule has 0 unspecified atom stereocenters. The number of fused-ring (bicyclic) bond motifs is 3. The van der Waals surface area contributed by atoms with E-state index in [-0.39, 0.29) is 18.0 Å². The molecule has 0 aliphatic heterocycles. The Morgan fingerprint density at radius 1 is 1.07 bits per heavy atom. The third-order valence-electron chi connectivity index (χ3n) is 4.75. The van der Waals surface area contributed by atoms with Crippen molar-refractivity contribution in [2.45, 2.75) is 13.1 Å². The van der Waals surface area contributed by atoms with E-state index in [1.54, 1.807) is 23.1 Å². The predicted octanol–water partition coefficient (Wildman–Crippen LogP) is 2.42. The molecule has 1 amide bonds. The number of aromatic nitrogens is 5. The van der Waals surface area contributed by atoms with Crippen molar-refractivity contribution in [1.29, 1.82) is 0 Å². The SMILES string of the molecule is O=C(Cn1cnc2c(oc3ccccc32)c1=O)Nc1ccccc1Cn1cncn1. The van der Waals surface area contributed by atoms with Crippen LogP contribution in [0.5, 0.6) is 0 Å². The molecule has 0 aliphatic rings. The van der Waals surface area contributed by atoms with Crippen LogP contribution < -0.4 is 10.9 Å². The van der Waals surface area contributed by atoms with Gasteiger partial charge in [0.2, 0.25) is 11.5 Å². The van der Waals surface area contributed by atoms with Gasteiger partial charge in [0.15, 0.2) is 0 Å². The Balaban J connectivity index is 1.40. The summed E-state index contributed by atoms with van der Waals surface area (Å²) in [5, 5.41) is 7.71. The highest BCUT2D eigenvalue weighted by Crippen LogP contribution is 2.24. The van der Waals surface area contributed by atoms with Gasteiger partial charge in [0, 0.05) is 11.1 Å². The lowest BCUT2D eigenvalue weighted by Crippen LogP contribution is -2.28. The molecule has 0 radical (unpaired) electrons. The number of amides is 1. The third-order valence-corrected chi connectivity index (χ3v) is 4.75. The number of hydrogen-bond acceptors (Lipinski definition) is 6. The zero-order chi connectivity index (χ0) is 20.5. The van der Waals surface area contributed by atoms with Crippen LogP contribution in [-0.2, 0) is 17.9 Å². The number of carbonyl (C=O) groups excluding carboxylic acids is 1. The van der Waals surface area contributed by atoms with Gasteiger partial charge < -0.3 is 9.73 Å². The monoisotopic (exact) mass is 400 g/mol. The van der Waals surface area contributed by atoms with Gasteiger partial charge in [0.1, 0.15) is 30.3 Å². The molecule has 9 heteroatoms. The Kier molecular flexibility index (Phi) is 4.32. The fraction of sp³-hybridized carbons (Fsp3) is 0.0952. The number of rotatable bonds is 5. The van der Waals surface area contributed by atoms with Crippen molar-refractivity contribution in [3.8, 4) is 0 Å². The zero-order valence-corrected chi connectivity index (χ0v) is 15.7. The van der Waals surface area contributed by atoms with Crippen molar-refractivity contribution in [2.24, 2.45) is 0 Å². The fourth-order valence-corrected chi connectivity index (χ4v) is 3.34. The molecule has 0 fully saturated rings. The van der Waals surface area contributed by atoms with Gasteiger partial charge in [-0.3, -0.25) is 14.2 Å². The summed E-state index contributed by atoms with van der Waals surface area (Å²) < 4.78 is 8.56. The Labute approximate surface area is 169 Å². The topological polar surface area (TPSA) is 108 Å². The standard InChI is InChI=1S/C21H16N6O3/c28-18(25-16-7-3-1-5-14(16)9-27-12-22-11-24-27)10-26-13-23-19-15-6-2-4-8-17(15)30-20(19)21(26)29/h1-8,11-13H,9-10H2,(H,25,28). The fourth-order valence-electron chi connectivity index (χ4n) is 3.34. The number of furan rings is 1. The normalized spacial score (nSPS) is 11.2. The summed E-state index contributed by atoms with van der Waals surface area (Å²) in [5.74, 6) is -0.347. The first-order valence-corrected chi connectivity index (χ1v) is 9.26. The molecule has 0 aliphatic carbocycles. The van der Waals surface area contributed by atoms with Crippen LogP contribution in [0.25, 0.3) is 22.1 Å². The third kappa shape index (κ3) is 3.22. The highest BCUT2D eigenvalue weighted by atomic mass is 16.3. The Bertz CT molecular complexity index is 1420. The average molecular weight is 400 g/mol. The molecule has 2 aromatic carbocycles. The molecule has 0 spiro atoms. The number of hydrogen-bond donors (Lipinski definition) is 1. The van der Waals surface area contributed by atoms with Crippen LogP contribution in [0.3, 0.4) is 0 Å². The number of anilines is 1. The first-order valence-electron chi connectivity index (χ1n) is 9.26. The highest BCUT2D eigenvalue weighted by molar-refractivity contribution is 6.01. The average Bonchev–Trinajstić information content (AvgIpc) is 3.39. The molecule has 30 heavy (non-hydrogen) atoms. The minimum absolute atomic E-state index is 0.137. The molecule has 0 bridgehead atoms. The zero-order valence-electron chi connectivity index (χ0n) is 15.7. The van der Waals surface area contributed by atoms with E-state index in [1.807, 2.05) is 36.4 Å². The number of carbonyl (C=O) groups is 1. The Morgan fingerprint density at radius 2 is 1.90 bits per heavy atom. The Hall–Kier alpha value is -4.27. The van der Waals surface area contributed by atoms with Crippen molar-refractivity contribution >= 4 is 33.7 Å².